The summed E-state index contributed by atoms with van der Waals surface area (Å²) in [5.41, 5.74) is 0. The van der Waals surface area contributed by atoms with Crippen molar-refractivity contribution in [3.05, 3.63) is 0 Å². The largest absolute Gasteiger partial charge is 0.303 e. The number of primary sulfonamides is 1. The zero-order valence-corrected chi connectivity index (χ0v) is 9.55. The second kappa shape index (κ2) is 5.09. The average Bonchev–Trinajstić information content (AvgIpc) is 2.62. The molecule has 0 aromatic carbocycles. The van der Waals surface area contributed by atoms with E-state index in [2.05, 4.69) is 15.5 Å². The quantitative estimate of drug-likeness (QED) is 0.523. The van der Waals surface area contributed by atoms with Crippen LogP contribution in [0.15, 0.2) is 4.34 Å². The smallest absolute Gasteiger partial charge is 0.267 e. The summed E-state index contributed by atoms with van der Waals surface area (Å²) < 4.78 is 21.3. The zero-order chi connectivity index (χ0) is 12.2. The van der Waals surface area contributed by atoms with E-state index >= 15 is 0 Å². The summed E-state index contributed by atoms with van der Waals surface area (Å²) in [5, 5.41) is 13.8. The number of hydrogen-bond donors (Lipinski definition) is 2. The molecule has 0 saturated heterocycles. The summed E-state index contributed by atoms with van der Waals surface area (Å²) in [6.45, 7) is 0. The molecular weight excluding hydrogens is 256 g/mol. The van der Waals surface area contributed by atoms with Crippen LogP contribution in [0.25, 0.3) is 0 Å². The van der Waals surface area contributed by atoms with Gasteiger partial charge in [0.05, 0.1) is 0 Å². The molecule has 1 amide bonds. The van der Waals surface area contributed by atoms with E-state index < -0.39 is 15.9 Å². The summed E-state index contributed by atoms with van der Waals surface area (Å²) in [5.74, 6) is -0.441. The van der Waals surface area contributed by atoms with Crippen molar-refractivity contribution in [2.75, 3.05) is 5.32 Å². The lowest BCUT2D eigenvalue weighted by molar-refractivity contribution is -0.118. The number of anilines is 1. The normalized spacial score (nSPS) is 11.1. The fourth-order valence-corrected chi connectivity index (χ4v) is 2.10. The molecule has 0 aliphatic rings. The van der Waals surface area contributed by atoms with Crippen LogP contribution >= 0.6 is 11.3 Å². The number of carbonyl (C=O) groups excluding carboxylic acids is 2. The number of nitrogens with one attached hydrogen (secondary N) is 1. The van der Waals surface area contributed by atoms with E-state index in [0.717, 1.165) is 0 Å². The second-order valence-electron chi connectivity index (χ2n) is 2.67. The van der Waals surface area contributed by atoms with E-state index in [9.17, 15) is 18.0 Å². The van der Waals surface area contributed by atoms with Gasteiger partial charge in [0.15, 0.2) is 0 Å². The van der Waals surface area contributed by atoms with Crippen molar-refractivity contribution in [2.45, 2.75) is 17.2 Å². The van der Waals surface area contributed by atoms with Gasteiger partial charge in [-0.15, -0.1) is 10.2 Å². The first-order valence-electron chi connectivity index (χ1n) is 4.03. The van der Waals surface area contributed by atoms with Crippen LogP contribution in [0.3, 0.4) is 0 Å². The van der Waals surface area contributed by atoms with Gasteiger partial charge in [0, 0.05) is 12.8 Å². The molecule has 0 spiro atoms. The molecule has 0 radical (unpaired) electrons. The third-order valence-electron chi connectivity index (χ3n) is 1.39. The third-order valence-corrected chi connectivity index (χ3v) is 3.53. The maximum absolute atomic E-state index is 11.1. The Labute approximate surface area is 94.9 Å². The van der Waals surface area contributed by atoms with E-state index in [1.165, 1.54) is 0 Å². The first kappa shape index (κ1) is 12.7. The molecule has 0 aliphatic heterocycles. The van der Waals surface area contributed by atoms with Gasteiger partial charge in [0.25, 0.3) is 10.0 Å². The van der Waals surface area contributed by atoms with Crippen molar-refractivity contribution in [3.8, 4) is 0 Å². The van der Waals surface area contributed by atoms with Crippen molar-refractivity contribution in [1.29, 1.82) is 0 Å². The lowest BCUT2D eigenvalue weighted by Gasteiger charge is -1.96. The molecule has 3 N–H and O–H groups in total. The maximum Gasteiger partial charge on any atom is 0.267 e. The van der Waals surface area contributed by atoms with Crippen LogP contribution in [-0.4, -0.2) is 30.8 Å². The Kier molecular flexibility index (Phi) is 4.04. The molecule has 1 rings (SSSR count). The van der Waals surface area contributed by atoms with Crippen LogP contribution in [0.1, 0.15) is 12.8 Å². The number of hydrogen-bond acceptors (Lipinski definition) is 7. The fraction of sp³-hybridized carbons (Fsp3) is 0.333. The molecule has 10 heteroatoms. The SMILES string of the molecule is NS(=O)(=O)c1nnc(NC(=O)CCC=O)s1. The lowest BCUT2D eigenvalue weighted by Crippen LogP contribution is -2.11. The summed E-state index contributed by atoms with van der Waals surface area (Å²) in [6.07, 6.45) is 0.704. The summed E-state index contributed by atoms with van der Waals surface area (Å²) >= 11 is 0.646. The van der Waals surface area contributed by atoms with Crippen LogP contribution in [0.2, 0.25) is 0 Å². The highest BCUT2D eigenvalue weighted by Crippen LogP contribution is 2.18. The van der Waals surface area contributed by atoms with Crippen LogP contribution in [0.5, 0.6) is 0 Å². The highest BCUT2D eigenvalue weighted by Gasteiger charge is 2.15. The number of nitrogens with zero attached hydrogens (tertiary/aromatic N) is 2. The van der Waals surface area contributed by atoms with Gasteiger partial charge in [-0.25, -0.2) is 13.6 Å². The molecule has 0 aliphatic carbocycles. The Bertz CT molecular complexity index is 494. The monoisotopic (exact) mass is 264 g/mol. The Balaban J connectivity index is 2.66. The lowest BCUT2D eigenvalue weighted by atomic mass is 10.3. The minimum atomic E-state index is -3.90. The first-order valence-corrected chi connectivity index (χ1v) is 6.39. The number of sulfonamides is 1. The Morgan fingerprint density at radius 2 is 2.19 bits per heavy atom. The van der Waals surface area contributed by atoms with Gasteiger partial charge in [-0.1, -0.05) is 11.3 Å². The highest BCUT2D eigenvalue weighted by molar-refractivity contribution is 7.91. The molecule has 1 aromatic heterocycles. The fourth-order valence-electron chi connectivity index (χ4n) is 0.747. The van der Waals surface area contributed by atoms with Crippen LogP contribution < -0.4 is 10.5 Å². The minimum absolute atomic E-state index is 0.00773. The summed E-state index contributed by atoms with van der Waals surface area (Å²) in [6, 6.07) is 0. The predicted molar refractivity (Wildman–Crippen MR) is 55.2 cm³/mol. The summed E-state index contributed by atoms with van der Waals surface area (Å²) in [4.78, 5) is 21.1. The topological polar surface area (TPSA) is 132 Å². The highest BCUT2D eigenvalue weighted by atomic mass is 32.2. The molecule has 88 valence electrons. The zero-order valence-electron chi connectivity index (χ0n) is 7.91. The Hall–Kier alpha value is -1.39. The first-order chi connectivity index (χ1) is 7.43. The van der Waals surface area contributed by atoms with Crippen molar-refractivity contribution < 1.29 is 18.0 Å². The van der Waals surface area contributed by atoms with Gasteiger partial charge < -0.3 is 10.1 Å². The molecule has 16 heavy (non-hydrogen) atoms. The van der Waals surface area contributed by atoms with Crippen LogP contribution in [0, 0.1) is 0 Å². The third kappa shape index (κ3) is 3.64. The second-order valence-corrected chi connectivity index (χ2v) is 5.38. The van der Waals surface area contributed by atoms with Gasteiger partial charge in [-0.3, -0.25) is 4.79 Å². The Morgan fingerprint density at radius 1 is 1.50 bits per heavy atom. The van der Waals surface area contributed by atoms with Crippen molar-refractivity contribution in [3.63, 3.8) is 0 Å². The van der Waals surface area contributed by atoms with Crippen molar-refractivity contribution in [1.82, 2.24) is 10.2 Å². The molecule has 0 saturated carbocycles. The van der Waals surface area contributed by atoms with Crippen LogP contribution in [0.4, 0.5) is 5.13 Å². The number of amides is 1. The molecule has 0 fully saturated rings. The number of aldehydes is 1. The van der Waals surface area contributed by atoms with Gasteiger partial charge >= 0.3 is 0 Å². The molecule has 0 unspecified atom stereocenters. The molecule has 0 atom stereocenters. The molecule has 1 aromatic rings. The van der Waals surface area contributed by atoms with E-state index in [-0.39, 0.29) is 22.3 Å². The molecular formula is C6H8N4O4S2. The standard InChI is InChI=1S/C6H8N4O4S2/c7-16(13,14)6-10-9-5(15-6)8-4(12)2-1-3-11/h3H,1-2H2,(H2,7,13,14)(H,8,9,12). The van der Waals surface area contributed by atoms with Gasteiger partial charge in [0.1, 0.15) is 6.29 Å². The van der Waals surface area contributed by atoms with E-state index in [1.807, 2.05) is 0 Å². The van der Waals surface area contributed by atoms with Crippen molar-refractivity contribution >= 4 is 38.7 Å². The van der Waals surface area contributed by atoms with E-state index in [4.69, 9.17) is 5.14 Å². The van der Waals surface area contributed by atoms with Crippen LogP contribution in [-0.2, 0) is 19.6 Å². The average molecular weight is 264 g/mol. The van der Waals surface area contributed by atoms with E-state index in [0.29, 0.717) is 17.6 Å². The molecule has 8 nitrogen and oxygen atoms in total. The minimum Gasteiger partial charge on any atom is -0.303 e. The van der Waals surface area contributed by atoms with Crippen molar-refractivity contribution in [2.24, 2.45) is 5.14 Å². The molecule has 0 bridgehead atoms. The van der Waals surface area contributed by atoms with E-state index in [1.54, 1.807) is 0 Å². The predicted octanol–water partition coefficient (Wildman–Crippen LogP) is -0.897. The number of carbonyl (C=O) groups is 2. The number of rotatable bonds is 5. The van der Waals surface area contributed by atoms with Gasteiger partial charge in [-0.2, -0.15) is 0 Å². The molecule has 1 heterocycles. The number of aromatic nitrogens is 2. The van der Waals surface area contributed by atoms with Gasteiger partial charge in [-0.05, 0) is 0 Å². The van der Waals surface area contributed by atoms with Gasteiger partial charge in [0.2, 0.25) is 15.4 Å². The maximum atomic E-state index is 11.1. The summed E-state index contributed by atoms with van der Waals surface area (Å²) in [7, 11) is -3.90. The Morgan fingerprint density at radius 3 is 2.69 bits per heavy atom. The number of nitrogens with two attached hydrogens (primary N) is 1.